The van der Waals surface area contributed by atoms with Crippen molar-refractivity contribution < 1.29 is 18.7 Å². The Morgan fingerprint density at radius 1 is 1.42 bits per heavy atom. The van der Waals surface area contributed by atoms with E-state index in [0.717, 1.165) is 5.76 Å². The van der Waals surface area contributed by atoms with Gasteiger partial charge in [-0.05, 0) is 39.0 Å². The van der Waals surface area contributed by atoms with E-state index < -0.39 is 5.97 Å². The molecule has 0 spiro atoms. The lowest BCUT2D eigenvalue weighted by Crippen LogP contribution is -2.40. The van der Waals surface area contributed by atoms with Crippen LogP contribution in [0.5, 0.6) is 0 Å². The fourth-order valence-electron chi connectivity index (χ4n) is 1.51. The van der Waals surface area contributed by atoms with Gasteiger partial charge >= 0.3 is 5.97 Å². The molecule has 5 nitrogen and oxygen atoms in total. The number of esters is 1. The van der Waals surface area contributed by atoms with E-state index in [2.05, 4.69) is 4.74 Å². The molecule has 5 heteroatoms. The Morgan fingerprint density at radius 3 is 2.58 bits per heavy atom. The fourth-order valence-corrected chi connectivity index (χ4v) is 1.51. The van der Waals surface area contributed by atoms with Crippen LogP contribution in [0.1, 0.15) is 25.4 Å². The minimum atomic E-state index is -0.440. The second-order valence-corrected chi connectivity index (χ2v) is 4.42. The second-order valence-electron chi connectivity index (χ2n) is 4.42. The Bertz CT molecular complexity index is 474. The van der Waals surface area contributed by atoms with Gasteiger partial charge in [-0.3, -0.25) is 9.59 Å². The topological polar surface area (TPSA) is 59.8 Å². The fraction of sp³-hybridized carbons (Fsp3) is 0.429. The van der Waals surface area contributed by atoms with Crippen LogP contribution in [-0.2, 0) is 14.3 Å². The molecule has 0 aliphatic heterocycles. The van der Waals surface area contributed by atoms with Gasteiger partial charge in [0, 0.05) is 12.1 Å². The van der Waals surface area contributed by atoms with Crippen molar-refractivity contribution in [3.63, 3.8) is 0 Å². The normalized spacial score (nSPS) is 11.0. The predicted molar refractivity (Wildman–Crippen MR) is 71.3 cm³/mol. The summed E-state index contributed by atoms with van der Waals surface area (Å²) in [5.74, 6) is 0.689. The van der Waals surface area contributed by atoms with E-state index >= 15 is 0 Å². The summed E-state index contributed by atoms with van der Waals surface area (Å²) in [5.41, 5.74) is 0. The molecular formula is C14H19NO4. The summed E-state index contributed by atoms with van der Waals surface area (Å²) in [7, 11) is 1.30. The number of carbonyl (C=O) groups excluding carboxylic acids is 2. The van der Waals surface area contributed by atoms with Crippen LogP contribution in [0.15, 0.2) is 22.6 Å². The first kappa shape index (κ1) is 15.0. The van der Waals surface area contributed by atoms with Crippen LogP contribution in [-0.4, -0.2) is 36.5 Å². The highest BCUT2D eigenvalue weighted by atomic mass is 16.5. The monoisotopic (exact) mass is 265 g/mol. The number of hydrogen-bond donors (Lipinski definition) is 0. The van der Waals surface area contributed by atoms with Crippen molar-refractivity contribution in [2.45, 2.75) is 26.8 Å². The Morgan fingerprint density at radius 2 is 2.11 bits per heavy atom. The molecule has 0 unspecified atom stereocenters. The molecule has 1 rings (SSSR count). The molecular weight excluding hydrogens is 246 g/mol. The minimum absolute atomic E-state index is 0.0610. The van der Waals surface area contributed by atoms with E-state index in [1.54, 1.807) is 12.1 Å². The zero-order valence-corrected chi connectivity index (χ0v) is 11.7. The zero-order chi connectivity index (χ0) is 14.4. The van der Waals surface area contributed by atoms with Crippen molar-refractivity contribution >= 4 is 18.0 Å². The number of methoxy groups -OCH3 is 1. The number of furan rings is 1. The lowest BCUT2D eigenvalue weighted by molar-refractivity contribution is -0.146. The summed E-state index contributed by atoms with van der Waals surface area (Å²) in [6.45, 7) is 5.45. The Labute approximate surface area is 112 Å². The van der Waals surface area contributed by atoms with Crippen LogP contribution < -0.4 is 0 Å². The summed E-state index contributed by atoms with van der Waals surface area (Å²) < 4.78 is 9.90. The zero-order valence-electron chi connectivity index (χ0n) is 11.7. The molecule has 19 heavy (non-hydrogen) atoms. The molecule has 0 aromatic carbocycles. The lowest BCUT2D eigenvalue weighted by atomic mass is 10.3. The number of hydrogen-bond acceptors (Lipinski definition) is 4. The van der Waals surface area contributed by atoms with Crippen LogP contribution in [0.2, 0.25) is 0 Å². The maximum absolute atomic E-state index is 12.0. The van der Waals surface area contributed by atoms with E-state index in [4.69, 9.17) is 4.42 Å². The first-order valence-corrected chi connectivity index (χ1v) is 6.06. The smallest absolute Gasteiger partial charge is 0.325 e. The SMILES string of the molecule is COC(=O)CN(C(=O)C=Cc1ccc(C)o1)C(C)C. The lowest BCUT2D eigenvalue weighted by Gasteiger charge is -2.23. The molecule has 1 aromatic rings. The van der Waals surface area contributed by atoms with Gasteiger partial charge in [-0.25, -0.2) is 0 Å². The number of aryl methyl sites for hydroxylation is 1. The molecule has 0 atom stereocenters. The molecule has 0 saturated heterocycles. The van der Waals surface area contributed by atoms with Gasteiger partial charge < -0.3 is 14.1 Å². The largest absolute Gasteiger partial charge is 0.468 e. The van der Waals surface area contributed by atoms with Gasteiger partial charge in [0.2, 0.25) is 5.91 Å². The van der Waals surface area contributed by atoms with Crippen molar-refractivity contribution in [2.75, 3.05) is 13.7 Å². The quantitative estimate of drug-likeness (QED) is 0.603. The van der Waals surface area contributed by atoms with Gasteiger partial charge in [0.1, 0.15) is 18.1 Å². The van der Waals surface area contributed by atoms with Gasteiger partial charge in [-0.2, -0.15) is 0 Å². The van der Waals surface area contributed by atoms with E-state index in [-0.39, 0.29) is 18.5 Å². The minimum Gasteiger partial charge on any atom is -0.468 e. The standard InChI is InChI=1S/C14H19NO4/c1-10(2)15(9-14(17)18-4)13(16)8-7-12-6-5-11(3)19-12/h5-8,10H,9H2,1-4H3. The molecule has 0 radical (unpaired) electrons. The molecule has 0 fully saturated rings. The van der Waals surface area contributed by atoms with Crippen molar-refractivity contribution in [2.24, 2.45) is 0 Å². The molecule has 1 heterocycles. The first-order chi connectivity index (χ1) is 8.93. The Kier molecular flexibility index (Phi) is 5.36. The molecule has 0 bridgehead atoms. The molecule has 0 saturated carbocycles. The Balaban J connectivity index is 2.72. The number of nitrogens with zero attached hydrogens (tertiary/aromatic N) is 1. The van der Waals surface area contributed by atoms with Crippen LogP contribution in [0.25, 0.3) is 6.08 Å². The number of carbonyl (C=O) groups is 2. The third-order valence-electron chi connectivity index (χ3n) is 2.58. The molecule has 1 aromatic heterocycles. The third-order valence-corrected chi connectivity index (χ3v) is 2.58. The molecule has 1 amide bonds. The second kappa shape index (κ2) is 6.78. The number of ether oxygens (including phenoxy) is 1. The van der Waals surface area contributed by atoms with Gasteiger partial charge in [-0.15, -0.1) is 0 Å². The number of rotatable bonds is 5. The van der Waals surface area contributed by atoms with Crippen LogP contribution in [0, 0.1) is 6.92 Å². The van der Waals surface area contributed by atoms with E-state index in [1.165, 1.54) is 18.1 Å². The first-order valence-electron chi connectivity index (χ1n) is 6.06. The van der Waals surface area contributed by atoms with Crippen LogP contribution >= 0.6 is 0 Å². The summed E-state index contributed by atoms with van der Waals surface area (Å²) in [5, 5.41) is 0. The molecule has 0 aliphatic rings. The van der Waals surface area contributed by atoms with Gasteiger partial charge in [0.15, 0.2) is 0 Å². The molecule has 104 valence electrons. The maximum atomic E-state index is 12.0. The number of amides is 1. The summed E-state index contributed by atoms with van der Waals surface area (Å²) in [6, 6.07) is 3.51. The van der Waals surface area contributed by atoms with Crippen molar-refractivity contribution in [3.05, 3.63) is 29.7 Å². The van der Waals surface area contributed by atoms with Crippen molar-refractivity contribution in [1.29, 1.82) is 0 Å². The maximum Gasteiger partial charge on any atom is 0.325 e. The van der Waals surface area contributed by atoms with E-state index in [1.807, 2.05) is 26.8 Å². The van der Waals surface area contributed by atoms with Crippen LogP contribution in [0.3, 0.4) is 0 Å². The van der Waals surface area contributed by atoms with E-state index in [0.29, 0.717) is 5.76 Å². The predicted octanol–water partition coefficient (Wildman–Crippen LogP) is 2.01. The van der Waals surface area contributed by atoms with Gasteiger partial charge in [0.25, 0.3) is 0 Å². The van der Waals surface area contributed by atoms with Crippen molar-refractivity contribution in [1.82, 2.24) is 4.90 Å². The van der Waals surface area contributed by atoms with E-state index in [9.17, 15) is 9.59 Å². The van der Waals surface area contributed by atoms with Gasteiger partial charge in [0.05, 0.1) is 7.11 Å². The Hall–Kier alpha value is -2.04. The highest BCUT2D eigenvalue weighted by Crippen LogP contribution is 2.09. The van der Waals surface area contributed by atoms with Crippen molar-refractivity contribution in [3.8, 4) is 0 Å². The average molecular weight is 265 g/mol. The highest BCUT2D eigenvalue weighted by Gasteiger charge is 2.18. The molecule has 0 aliphatic carbocycles. The van der Waals surface area contributed by atoms with Gasteiger partial charge in [-0.1, -0.05) is 0 Å². The summed E-state index contributed by atoms with van der Waals surface area (Å²) >= 11 is 0. The summed E-state index contributed by atoms with van der Waals surface area (Å²) in [6.07, 6.45) is 2.98. The average Bonchev–Trinajstić information content (AvgIpc) is 2.78. The highest BCUT2D eigenvalue weighted by molar-refractivity contribution is 5.93. The summed E-state index contributed by atoms with van der Waals surface area (Å²) in [4.78, 5) is 24.7. The molecule has 0 N–H and O–H groups in total. The third kappa shape index (κ3) is 4.62. The van der Waals surface area contributed by atoms with Crippen LogP contribution in [0.4, 0.5) is 0 Å².